The predicted molar refractivity (Wildman–Crippen MR) is 128 cm³/mol. The van der Waals surface area contributed by atoms with Crippen molar-refractivity contribution in [2.75, 3.05) is 0 Å². The predicted octanol–water partition coefficient (Wildman–Crippen LogP) is 7.70. The van der Waals surface area contributed by atoms with E-state index in [2.05, 4.69) is 54.0 Å². The Morgan fingerprint density at radius 1 is 0.964 bits per heavy atom. The summed E-state index contributed by atoms with van der Waals surface area (Å²) in [5.41, 5.74) is 0.663. The number of ketones is 1. The molecule has 0 spiro atoms. The van der Waals surface area contributed by atoms with Crippen LogP contribution in [0.15, 0.2) is 12.7 Å². The molecule has 168 valence electrons. The zero-order chi connectivity index (χ0) is 24.0. The highest BCUT2D eigenvalue weighted by molar-refractivity contribution is 5.80. The molecule has 28 heavy (non-hydrogen) atoms. The first-order chi connectivity index (χ1) is 12.0. The summed E-state index contributed by atoms with van der Waals surface area (Å²) in [6, 6.07) is 0. The summed E-state index contributed by atoms with van der Waals surface area (Å²) in [6.45, 7) is 31.8. The maximum atomic E-state index is 10.5. The van der Waals surface area contributed by atoms with Crippen molar-refractivity contribution in [3.05, 3.63) is 12.7 Å². The van der Waals surface area contributed by atoms with Crippen molar-refractivity contribution in [3.8, 4) is 12.3 Å². The van der Waals surface area contributed by atoms with Gasteiger partial charge in [-0.05, 0) is 36.5 Å². The third-order valence-electron chi connectivity index (χ3n) is 3.70. The number of aliphatic hydroxyl groups excluding tert-OH is 1. The second-order valence-corrected chi connectivity index (χ2v) is 11.8. The van der Waals surface area contributed by atoms with Crippen molar-refractivity contribution in [3.63, 3.8) is 0 Å². The SMILES string of the molecule is C#CCC(C)(C)C.C=CCC(C)(C)C.CC(=O)C(C)(C)C.CC(O)C(C)(C)C. The van der Waals surface area contributed by atoms with Crippen LogP contribution in [0.25, 0.3) is 0 Å². The number of carbonyl (C=O) groups is 1. The monoisotopic (exact) mass is 396 g/mol. The smallest absolute Gasteiger partial charge is 0.135 e. The summed E-state index contributed by atoms with van der Waals surface area (Å²) in [5.74, 6) is 2.85. The molecular weight excluding hydrogens is 344 g/mol. The highest BCUT2D eigenvalue weighted by Gasteiger charge is 2.16. The fraction of sp³-hybridized carbons (Fsp3) is 0.808. The maximum absolute atomic E-state index is 10.5. The van der Waals surface area contributed by atoms with Crippen molar-refractivity contribution in [1.29, 1.82) is 0 Å². The Morgan fingerprint density at radius 3 is 1.25 bits per heavy atom. The third kappa shape index (κ3) is 39.8. The lowest BCUT2D eigenvalue weighted by Crippen LogP contribution is -2.21. The van der Waals surface area contributed by atoms with Crippen molar-refractivity contribution >= 4 is 5.78 Å². The van der Waals surface area contributed by atoms with E-state index in [9.17, 15) is 4.79 Å². The second-order valence-electron chi connectivity index (χ2n) is 11.8. The van der Waals surface area contributed by atoms with Gasteiger partial charge in [-0.15, -0.1) is 18.9 Å². The van der Waals surface area contributed by atoms with Gasteiger partial charge in [-0.25, -0.2) is 0 Å². The molecule has 2 nitrogen and oxygen atoms in total. The summed E-state index contributed by atoms with van der Waals surface area (Å²) in [4.78, 5) is 10.5. The van der Waals surface area contributed by atoms with Crippen LogP contribution in [-0.4, -0.2) is 17.0 Å². The van der Waals surface area contributed by atoms with Crippen LogP contribution in [0, 0.1) is 34.0 Å². The topological polar surface area (TPSA) is 37.3 Å². The van der Waals surface area contributed by atoms with E-state index in [1.165, 1.54) is 0 Å². The van der Waals surface area contributed by atoms with Gasteiger partial charge in [-0.2, -0.15) is 0 Å². The fourth-order valence-electron chi connectivity index (χ4n) is 0.739. The average molecular weight is 397 g/mol. The molecule has 0 heterocycles. The zero-order valence-electron chi connectivity index (χ0n) is 21.7. The molecule has 0 radical (unpaired) electrons. The second kappa shape index (κ2) is 14.9. The molecule has 2 heteroatoms. The van der Waals surface area contributed by atoms with Crippen molar-refractivity contribution in [2.45, 2.75) is 116 Å². The van der Waals surface area contributed by atoms with E-state index in [1.54, 1.807) is 13.8 Å². The Bertz CT molecular complexity index is 435. The van der Waals surface area contributed by atoms with Crippen LogP contribution < -0.4 is 0 Å². The summed E-state index contributed by atoms with van der Waals surface area (Å²) in [5, 5.41) is 8.89. The lowest BCUT2D eigenvalue weighted by atomic mass is 9.91. The van der Waals surface area contributed by atoms with Crippen LogP contribution >= 0.6 is 0 Å². The van der Waals surface area contributed by atoms with Gasteiger partial charge in [0, 0.05) is 11.8 Å². The number of hydrogen-bond donors (Lipinski definition) is 1. The molecule has 0 aliphatic rings. The molecule has 0 aliphatic heterocycles. The van der Waals surface area contributed by atoms with Gasteiger partial charge in [0.1, 0.15) is 5.78 Å². The Morgan fingerprint density at radius 2 is 1.25 bits per heavy atom. The number of aliphatic hydroxyl groups is 1. The highest BCUT2D eigenvalue weighted by atomic mass is 16.3. The van der Waals surface area contributed by atoms with E-state index in [0.717, 1.165) is 12.8 Å². The fourth-order valence-corrected chi connectivity index (χ4v) is 0.739. The van der Waals surface area contributed by atoms with Crippen molar-refractivity contribution in [1.82, 2.24) is 0 Å². The zero-order valence-corrected chi connectivity index (χ0v) is 21.7. The molecule has 1 atom stereocenters. The first-order valence-corrected chi connectivity index (χ1v) is 10.2. The lowest BCUT2D eigenvalue weighted by molar-refractivity contribution is -0.124. The molecule has 0 aromatic heterocycles. The molecule has 0 fully saturated rings. The minimum absolute atomic E-state index is 0.0556. The minimum atomic E-state index is -0.201. The van der Waals surface area contributed by atoms with Gasteiger partial charge < -0.3 is 5.11 Å². The van der Waals surface area contributed by atoms with Crippen LogP contribution in [0.1, 0.15) is 110 Å². The van der Waals surface area contributed by atoms with Crippen LogP contribution in [0.5, 0.6) is 0 Å². The van der Waals surface area contributed by atoms with E-state index >= 15 is 0 Å². The molecule has 0 bridgehead atoms. The number of rotatable bonds is 1. The van der Waals surface area contributed by atoms with E-state index in [0.29, 0.717) is 10.8 Å². The van der Waals surface area contributed by atoms with Crippen LogP contribution in [0.2, 0.25) is 0 Å². The molecule has 0 saturated carbocycles. The molecule has 0 aliphatic carbocycles. The molecule has 1 unspecified atom stereocenters. The van der Waals surface area contributed by atoms with E-state index < -0.39 is 0 Å². The minimum Gasteiger partial charge on any atom is -0.393 e. The molecule has 0 aromatic rings. The first kappa shape index (κ1) is 34.4. The Hall–Kier alpha value is -1.07. The molecule has 0 saturated heterocycles. The molecule has 0 amide bonds. The van der Waals surface area contributed by atoms with Gasteiger partial charge >= 0.3 is 0 Å². The lowest BCUT2D eigenvalue weighted by Gasteiger charge is -2.21. The average Bonchev–Trinajstić information content (AvgIpc) is 2.35. The largest absolute Gasteiger partial charge is 0.393 e. The summed E-state index contributed by atoms with van der Waals surface area (Å²) < 4.78 is 0. The number of Topliss-reactive ketones (excluding diaryl/α,β-unsaturated/α-hetero) is 1. The Kier molecular flexibility index (Phi) is 18.3. The van der Waals surface area contributed by atoms with Crippen molar-refractivity contribution in [2.24, 2.45) is 21.7 Å². The van der Waals surface area contributed by atoms with Gasteiger partial charge in [-0.3, -0.25) is 4.79 Å². The van der Waals surface area contributed by atoms with E-state index in [4.69, 9.17) is 11.5 Å². The number of carbonyl (C=O) groups excluding carboxylic acids is 1. The standard InChI is InChI=1S/C7H14.C7H12.C6H14O.C6H12O/c2*1-5-6-7(2,3)4;2*1-5(7)6(2,3)4/h5H,1,6H2,2-4H3;1H,6H2,2-4H3;5,7H,1-4H3;1-4H3. The first-order valence-electron chi connectivity index (χ1n) is 10.2. The molecule has 0 aromatic carbocycles. The third-order valence-corrected chi connectivity index (χ3v) is 3.70. The summed E-state index contributed by atoms with van der Waals surface area (Å²) in [6.07, 6.45) is 8.79. The number of terminal acetylenes is 1. The maximum Gasteiger partial charge on any atom is 0.135 e. The van der Waals surface area contributed by atoms with Crippen LogP contribution in [-0.2, 0) is 4.79 Å². The molecule has 1 N–H and O–H groups in total. The summed E-state index contributed by atoms with van der Waals surface area (Å²) in [7, 11) is 0. The Labute approximate surface area is 178 Å². The van der Waals surface area contributed by atoms with Crippen molar-refractivity contribution < 1.29 is 9.90 Å². The normalized spacial score (nSPS) is 12.5. The Balaban J connectivity index is -0.000000137. The number of allylic oxidation sites excluding steroid dienone is 1. The quantitative estimate of drug-likeness (QED) is 0.364. The van der Waals surface area contributed by atoms with E-state index in [1.807, 2.05) is 47.6 Å². The van der Waals surface area contributed by atoms with Crippen LogP contribution in [0.4, 0.5) is 0 Å². The van der Waals surface area contributed by atoms with Gasteiger partial charge in [0.15, 0.2) is 0 Å². The number of hydrogen-bond acceptors (Lipinski definition) is 2. The van der Waals surface area contributed by atoms with Crippen LogP contribution in [0.3, 0.4) is 0 Å². The van der Waals surface area contributed by atoms with E-state index in [-0.39, 0.29) is 22.7 Å². The van der Waals surface area contributed by atoms with Gasteiger partial charge in [0.2, 0.25) is 0 Å². The van der Waals surface area contributed by atoms with Gasteiger partial charge in [0.25, 0.3) is 0 Å². The summed E-state index contributed by atoms with van der Waals surface area (Å²) >= 11 is 0. The van der Waals surface area contributed by atoms with Gasteiger partial charge in [-0.1, -0.05) is 89.2 Å². The highest BCUT2D eigenvalue weighted by Crippen LogP contribution is 2.18. The molecular formula is C26H52O2. The van der Waals surface area contributed by atoms with Gasteiger partial charge in [0.05, 0.1) is 6.10 Å². The molecule has 0 rings (SSSR count).